The Morgan fingerprint density at radius 1 is 1.38 bits per heavy atom. The van der Waals surface area contributed by atoms with Crippen LogP contribution in [0.5, 0.6) is 5.75 Å². The van der Waals surface area contributed by atoms with Gasteiger partial charge in [0.05, 0.1) is 11.7 Å². The normalized spacial score (nSPS) is 12.6. The second-order valence-electron chi connectivity index (χ2n) is 5.83. The summed E-state index contributed by atoms with van der Waals surface area (Å²) in [5, 5.41) is 9.98. The number of phenols is 1. The number of amides is 1. The number of aromatic hydroxyl groups is 1. The number of aldehydes is 1. The predicted molar refractivity (Wildman–Crippen MR) is 81.6 cm³/mol. The molecule has 5 nitrogen and oxygen atoms in total. The summed E-state index contributed by atoms with van der Waals surface area (Å²) in [5.41, 5.74) is -0.406. The smallest absolute Gasteiger partial charge is 0.415 e. The van der Waals surface area contributed by atoms with E-state index in [1.807, 2.05) is 6.92 Å². The average Bonchev–Trinajstić information content (AvgIpc) is 2.38. The van der Waals surface area contributed by atoms with Crippen molar-refractivity contribution in [2.75, 3.05) is 4.90 Å². The summed E-state index contributed by atoms with van der Waals surface area (Å²) < 4.78 is 5.36. The zero-order chi connectivity index (χ0) is 16.0. The Kier molecular flexibility index (Phi) is 5.76. The van der Waals surface area contributed by atoms with Gasteiger partial charge in [-0.15, -0.1) is 0 Å². The van der Waals surface area contributed by atoms with Crippen LogP contribution in [0.15, 0.2) is 24.3 Å². The Bertz CT molecular complexity index is 493. The molecule has 1 aromatic rings. The maximum Gasteiger partial charge on any atom is 0.415 e. The number of para-hydroxylation sites is 2. The summed E-state index contributed by atoms with van der Waals surface area (Å²) in [6.45, 7) is 7.19. The Morgan fingerprint density at radius 3 is 2.48 bits per heavy atom. The van der Waals surface area contributed by atoms with Crippen molar-refractivity contribution in [3.05, 3.63) is 24.3 Å². The highest BCUT2D eigenvalue weighted by atomic mass is 16.6. The second-order valence-corrected chi connectivity index (χ2v) is 5.83. The van der Waals surface area contributed by atoms with Crippen molar-refractivity contribution in [2.24, 2.45) is 0 Å². The van der Waals surface area contributed by atoms with Gasteiger partial charge in [-0.25, -0.2) is 4.79 Å². The van der Waals surface area contributed by atoms with Gasteiger partial charge in [-0.2, -0.15) is 0 Å². The molecule has 0 saturated carbocycles. The Hall–Kier alpha value is -2.04. The molecule has 0 heterocycles. The first-order chi connectivity index (χ1) is 9.80. The summed E-state index contributed by atoms with van der Waals surface area (Å²) in [7, 11) is 0. The van der Waals surface area contributed by atoms with Crippen LogP contribution < -0.4 is 4.90 Å². The monoisotopic (exact) mass is 293 g/mol. The topological polar surface area (TPSA) is 66.8 Å². The van der Waals surface area contributed by atoms with E-state index in [-0.39, 0.29) is 11.4 Å². The number of benzene rings is 1. The molecule has 0 aliphatic heterocycles. The molecule has 5 heteroatoms. The molecule has 0 aliphatic rings. The third kappa shape index (κ3) is 4.77. The molecule has 0 aliphatic carbocycles. The zero-order valence-electron chi connectivity index (χ0n) is 13.0. The molecule has 21 heavy (non-hydrogen) atoms. The predicted octanol–water partition coefficient (Wildman–Crippen LogP) is 3.50. The van der Waals surface area contributed by atoms with Gasteiger partial charge in [0.15, 0.2) is 0 Å². The number of ether oxygens (including phenoxy) is 1. The molecule has 0 aromatic heterocycles. The lowest BCUT2D eigenvalue weighted by atomic mass is 10.1. The van der Waals surface area contributed by atoms with Crippen LogP contribution in [-0.2, 0) is 9.53 Å². The van der Waals surface area contributed by atoms with Crippen molar-refractivity contribution in [3.63, 3.8) is 0 Å². The molecule has 0 radical (unpaired) electrons. The number of nitrogens with zero attached hydrogens (tertiary/aromatic N) is 1. The molecule has 0 spiro atoms. The summed E-state index contributed by atoms with van der Waals surface area (Å²) in [6, 6.07) is 5.74. The van der Waals surface area contributed by atoms with Crippen LogP contribution in [0.4, 0.5) is 10.5 Å². The molecular weight excluding hydrogens is 270 g/mol. The number of hydrogen-bond acceptors (Lipinski definition) is 4. The van der Waals surface area contributed by atoms with E-state index in [0.29, 0.717) is 12.7 Å². The number of rotatable bonds is 5. The standard InChI is InChI=1S/C16H23NO4/c1-5-8-12(11-18)17(15(20)21-16(2,3)4)13-9-6-7-10-14(13)19/h6-7,9-12,19H,5,8H2,1-4H3. The highest BCUT2D eigenvalue weighted by Gasteiger charge is 2.30. The summed E-state index contributed by atoms with van der Waals surface area (Å²) in [5.74, 6) is -0.0636. The van der Waals surface area contributed by atoms with Gasteiger partial charge in [0.2, 0.25) is 0 Å². The fourth-order valence-corrected chi connectivity index (χ4v) is 1.95. The third-order valence-electron chi connectivity index (χ3n) is 2.80. The minimum Gasteiger partial charge on any atom is -0.506 e. The fourth-order valence-electron chi connectivity index (χ4n) is 1.95. The summed E-state index contributed by atoms with van der Waals surface area (Å²) in [4.78, 5) is 25.0. The largest absolute Gasteiger partial charge is 0.506 e. The molecule has 1 N–H and O–H groups in total. The quantitative estimate of drug-likeness (QED) is 0.844. The summed E-state index contributed by atoms with van der Waals surface area (Å²) >= 11 is 0. The maximum atomic E-state index is 12.4. The minimum absolute atomic E-state index is 0.0636. The molecule has 1 aromatic carbocycles. The lowest BCUT2D eigenvalue weighted by molar-refractivity contribution is -0.109. The molecule has 1 unspecified atom stereocenters. The van der Waals surface area contributed by atoms with Crippen LogP contribution in [-0.4, -0.2) is 29.1 Å². The van der Waals surface area contributed by atoms with E-state index >= 15 is 0 Å². The van der Waals surface area contributed by atoms with E-state index in [9.17, 15) is 14.7 Å². The van der Waals surface area contributed by atoms with Crippen molar-refractivity contribution >= 4 is 18.1 Å². The van der Waals surface area contributed by atoms with Crippen LogP contribution in [0.1, 0.15) is 40.5 Å². The fraction of sp³-hybridized carbons (Fsp3) is 0.500. The Labute approximate surface area is 125 Å². The van der Waals surface area contributed by atoms with Gasteiger partial charge in [-0.3, -0.25) is 4.90 Å². The molecule has 1 amide bonds. The van der Waals surface area contributed by atoms with Crippen molar-refractivity contribution in [2.45, 2.75) is 52.2 Å². The van der Waals surface area contributed by atoms with Gasteiger partial charge in [-0.05, 0) is 39.3 Å². The Morgan fingerprint density at radius 2 is 2.00 bits per heavy atom. The number of carbonyl (C=O) groups excluding carboxylic acids is 2. The van der Waals surface area contributed by atoms with Gasteiger partial charge < -0.3 is 14.6 Å². The van der Waals surface area contributed by atoms with Gasteiger partial charge >= 0.3 is 6.09 Å². The number of anilines is 1. The minimum atomic E-state index is -0.681. The van der Waals surface area contributed by atoms with Crippen LogP contribution in [0.3, 0.4) is 0 Å². The van der Waals surface area contributed by atoms with Crippen molar-refractivity contribution in [1.29, 1.82) is 0 Å². The van der Waals surface area contributed by atoms with Crippen LogP contribution in [0.2, 0.25) is 0 Å². The highest BCUT2D eigenvalue weighted by Crippen LogP contribution is 2.30. The van der Waals surface area contributed by atoms with Crippen LogP contribution >= 0.6 is 0 Å². The van der Waals surface area contributed by atoms with Crippen molar-refractivity contribution in [3.8, 4) is 5.75 Å². The average molecular weight is 293 g/mol. The second kappa shape index (κ2) is 7.11. The maximum absolute atomic E-state index is 12.4. The van der Waals surface area contributed by atoms with Gasteiger partial charge in [0.1, 0.15) is 17.6 Å². The first kappa shape index (κ1) is 17.0. The van der Waals surface area contributed by atoms with Crippen LogP contribution in [0.25, 0.3) is 0 Å². The Balaban J connectivity index is 3.20. The number of phenolic OH excluding ortho intramolecular Hbond substituents is 1. The van der Waals surface area contributed by atoms with E-state index in [2.05, 4.69) is 0 Å². The first-order valence-electron chi connectivity index (χ1n) is 7.05. The molecule has 0 bridgehead atoms. The molecule has 0 saturated heterocycles. The van der Waals surface area contributed by atoms with Crippen molar-refractivity contribution in [1.82, 2.24) is 0 Å². The molecule has 1 rings (SSSR count). The summed E-state index contributed by atoms with van der Waals surface area (Å²) in [6.07, 6.45) is 1.29. The molecule has 1 atom stereocenters. The van der Waals surface area contributed by atoms with E-state index in [0.717, 1.165) is 6.42 Å². The van der Waals surface area contributed by atoms with Gasteiger partial charge in [0, 0.05) is 0 Å². The van der Waals surface area contributed by atoms with Gasteiger partial charge in [-0.1, -0.05) is 25.5 Å². The highest BCUT2D eigenvalue weighted by molar-refractivity contribution is 5.94. The molecule has 116 valence electrons. The molecule has 0 fully saturated rings. The zero-order valence-corrected chi connectivity index (χ0v) is 13.0. The van der Waals surface area contributed by atoms with Crippen LogP contribution in [0, 0.1) is 0 Å². The SMILES string of the molecule is CCCC(C=O)N(C(=O)OC(C)(C)C)c1ccccc1O. The van der Waals surface area contributed by atoms with Crippen molar-refractivity contribution < 1.29 is 19.4 Å². The van der Waals surface area contributed by atoms with Gasteiger partial charge in [0.25, 0.3) is 0 Å². The lowest BCUT2D eigenvalue weighted by Crippen LogP contribution is -2.44. The number of hydrogen-bond donors (Lipinski definition) is 1. The van der Waals surface area contributed by atoms with E-state index in [1.165, 1.54) is 11.0 Å². The van der Waals surface area contributed by atoms with E-state index in [1.54, 1.807) is 39.0 Å². The lowest BCUT2D eigenvalue weighted by Gasteiger charge is -2.31. The number of carbonyl (C=O) groups is 2. The molecular formula is C16H23NO4. The van der Waals surface area contributed by atoms with E-state index in [4.69, 9.17) is 4.74 Å². The van der Waals surface area contributed by atoms with E-state index < -0.39 is 17.7 Å². The third-order valence-corrected chi connectivity index (χ3v) is 2.80. The first-order valence-corrected chi connectivity index (χ1v) is 7.05.